The highest BCUT2D eigenvalue weighted by Crippen LogP contribution is 2.32. The van der Waals surface area contributed by atoms with Crippen LogP contribution < -0.4 is 14.9 Å². The Bertz CT molecular complexity index is 1550. The molecule has 19 heteroatoms. The maximum atomic E-state index is 11.6. The third-order valence-corrected chi connectivity index (χ3v) is 10.7. The third kappa shape index (κ3) is 17.9. The van der Waals surface area contributed by atoms with Gasteiger partial charge in [-0.05, 0) is 24.7 Å². The molecule has 0 bridgehead atoms. The fraction of sp³-hybridized carbons (Fsp3) is 0.812. The van der Waals surface area contributed by atoms with Crippen LogP contribution in [0.5, 0.6) is 0 Å². The molecular formula is C32H55N7O10S2. The molecule has 2 saturated carbocycles. The van der Waals surface area contributed by atoms with Crippen LogP contribution in [0.1, 0.15) is 151 Å². The van der Waals surface area contributed by atoms with E-state index in [0.29, 0.717) is 18.7 Å². The third-order valence-electron chi connectivity index (χ3n) is 9.41. The van der Waals surface area contributed by atoms with Gasteiger partial charge in [-0.15, -0.1) is 0 Å². The normalized spacial score (nSPS) is 17.3. The summed E-state index contributed by atoms with van der Waals surface area (Å²) < 4.78 is 59.5. The van der Waals surface area contributed by atoms with Gasteiger partial charge < -0.3 is 14.2 Å². The van der Waals surface area contributed by atoms with Gasteiger partial charge in [0.05, 0.1) is 32.0 Å². The van der Waals surface area contributed by atoms with Crippen molar-refractivity contribution in [3.63, 3.8) is 0 Å². The first-order chi connectivity index (χ1) is 24.2. The maximum Gasteiger partial charge on any atom is 0.304 e. The van der Waals surface area contributed by atoms with Crippen LogP contribution in [0.4, 0.5) is 0 Å². The number of sulfonamides is 2. The Morgan fingerprint density at radius 1 is 0.725 bits per heavy atom. The van der Waals surface area contributed by atoms with Crippen molar-refractivity contribution in [3.05, 3.63) is 23.4 Å². The zero-order valence-corrected chi connectivity index (χ0v) is 31.4. The quantitative estimate of drug-likeness (QED) is 0.0933. The molecular weight excluding hydrogens is 707 g/mol. The standard InChI is InChI=1S/C16H28N4O5S.C16H27N3O5S/c1-26(23,24)17-11-14-18-16(25-20-14)13(10-15(21)19-22)9-5-8-12-6-3-2-4-7-12;1-25(22,23)17-11-14-18-16(24-19-14)13(10-15(20)21)9-5-8-12-6-3-2-4-7-12/h12-13,17,22H,2-11H2,1H3,(H,19,21);12-13,17H,2-11H2,1H3,(H,20,21)/t2*13-/m11/s1. The van der Waals surface area contributed by atoms with E-state index in [2.05, 4.69) is 29.7 Å². The van der Waals surface area contributed by atoms with Crippen LogP contribution in [0.2, 0.25) is 0 Å². The fourth-order valence-electron chi connectivity index (χ4n) is 6.76. The van der Waals surface area contributed by atoms with Gasteiger partial charge >= 0.3 is 5.97 Å². The van der Waals surface area contributed by atoms with Gasteiger partial charge in [0.2, 0.25) is 37.7 Å². The highest BCUT2D eigenvalue weighted by molar-refractivity contribution is 7.88. The van der Waals surface area contributed by atoms with Crippen molar-refractivity contribution in [2.45, 2.75) is 141 Å². The van der Waals surface area contributed by atoms with Crippen LogP contribution in [-0.2, 0) is 42.7 Å². The number of carboxylic acids is 1. The van der Waals surface area contributed by atoms with Gasteiger partial charge in [-0.25, -0.2) is 31.8 Å². The van der Waals surface area contributed by atoms with Crippen LogP contribution in [-0.4, -0.2) is 71.8 Å². The number of hydrogen-bond acceptors (Lipinski definition) is 13. The van der Waals surface area contributed by atoms with Crippen LogP contribution in [0.3, 0.4) is 0 Å². The molecule has 0 aliphatic heterocycles. The number of rotatable bonds is 20. The SMILES string of the molecule is CS(=O)(=O)NCc1noc([C@H](CCCC2CCCCC2)CC(=O)NO)n1.CS(=O)(=O)NCc1noc([C@H](CCCC2CCCCC2)CC(=O)O)n1. The Morgan fingerprint density at radius 2 is 1.14 bits per heavy atom. The minimum absolute atomic E-state index is 0.0440. The maximum absolute atomic E-state index is 11.6. The second kappa shape index (κ2) is 21.5. The molecule has 17 nitrogen and oxygen atoms in total. The highest BCUT2D eigenvalue weighted by Gasteiger charge is 2.25. The van der Waals surface area contributed by atoms with E-state index in [1.807, 2.05) is 0 Å². The van der Waals surface area contributed by atoms with Crippen molar-refractivity contribution in [2.24, 2.45) is 11.8 Å². The minimum atomic E-state index is -3.35. The summed E-state index contributed by atoms with van der Waals surface area (Å²) in [6.45, 7) is -0.131. The molecule has 2 aromatic heterocycles. The summed E-state index contributed by atoms with van der Waals surface area (Å²) in [5, 5.41) is 25.4. The van der Waals surface area contributed by atoms with Gasteiger partial charge in [-0.1, -0.05) is 100 Å². The molecule has 5 N–H and O–H groups in total. The van der Waals surface area contributed by atoms with Crippen molar-refractivity contribution in [3.8, 4) is 0 Å². The van der Waals surface area contributed by atoms with E-state index in [4.69, 9.17) is 19.4 Å². The summed E-state index contributed by atoms with van der Waals surface area (Å²) in [5.74, 6) is 0.433. The molecule has 2 atom stereocenters. The fourth-order valence-corrected chi connectivity index (χ4v) is 7.55. The molecule has 2 heterocycles. The lowest BCUT2D eigenvalue weighted by molar-refractivity contribution is -0.137. The lowest BCUT2D eigenvalue weighted by Crippen LogP contribution is -2.22. The van der Waals surface area contributed by atoms with Gasteiger partial charge in [0, 0.05) is 18.3 Å². The van der Waals surface area contributed by atoms with Crippen molar-refractivity contribution in [1.29, 1.82) is 0 Å². The molecule has 2 aliphatic rings. The average molecular weight is 762 g/mol. The Balaban J connectivity index is 0.000000276. The number of nitrogens with zero attached hydrogens (tertiary/aromatic N) is 4. The van der Waals surface area contributed by atoms with Gasteiger partial charge in [0.15, 0.2) is 11.6 Å². The smallest absolute Gasteiger partial charge is 0.304 e. The van der Waals surface area contributed by atoms with Crippen molar-refractivity contribution >= 4 is 31.9 Å². The number of aromatic nitrogens is 4. The van der Waals surface area contributed by atoms with Crippen LogP contribution in [0.15, 0.2) is 9.05 Å². The Hall–Kier alpha value is -3.00. The molecule has 0 radical (unpaired) electrons. The monoisotopic (exact) mass is 761 g/mol. The largest absolute Gasteiger partial charge is 0.481 e. The van der Waals surface area contributed by atoms with Crippen LogP contribution >= 0.6 is 0 Å². The second-order valence-electron chi connectivity index (χ2n) is 13.9. The highest BCUT2D eigenvalue weighted by atomic mass is 32.2. The number of carbonyl (C=O) groups is 2. The molecule has 290 valence electrons. The first-order valence-corrected chi connectivity index (χ1v) is 21.7. The number of aliphatic carboxylic acids is 1. The van der Waals surface area contributed by atoms with E-state index < -0.39 is 31.9 Å². The van der Waals surface area contributed by atoms with E-state index in [1.165, 1.54) is 64.2 Å². The van der Waals surface area contributed by atoms with Crippen LogP contribution in [0.25, 0.3) is 0 Å². The summed E-state index contributed by atoms with van der Waals surface area (Å²) in [7, 11) is -6.70. The summed E-state index contributed by atoms with van der Waals surface area (Å²) >= 11 is 0. The van der Waals surface area contributed by atoms with E-state index in [0.717, 1.165) is 50.0 Å². The van der Waals surface area contributed by atoms with Gasteiger partial charge in [0.25, 0.3) is 0 Å². The van der Waals surface area contributed by atoms with Gasteiger partial charge in [0.1, 0.15) is 0 Å². The molecule has 51 heavy (non-hydrogen) atoms. The number of hydroxylamine groups is 1. The van der Waals surface area contributed by atoms with E-state index in [1.54, 1.807) is 5.48 Å². The second-order valence-corrected chi connectivity index (χ2v) is 17.6. The molecule has 0 spiro atoms. The van der Waals surface area contributed by atoms with E-state index >= 15 is 0 Å². The summed E-state index contributed by atoms with van der Waals surface area (Å²) in [6.07, 6.45) is 20.4. The first kappa shape index (κ1) is 42.4. The minimum Gasteiger partial charge on any atom is -0.481 e. The topological polar surface area (TPSA) is 257 Å². The number of carbonyl (C=O) groups excluding carboxylic acids is 1. The number of nitrogens with one attached hydrogen (secondary N) is 3. The molecule has 0 unspecified atom stereocenters. The van der Waals surface area contributed by atoms with E-state index in [9.17, 15) is 26.4 Å². The predicted molar refractivity (Wildman–Crippen MR) is 185 cm³/mol. The first-order valence-electron chi connectivity index (χ1n) is 17.9. The average Bonchev–Trinajstić information content (AvgIpc) is 3.76. The lowest BCUT2D eigenvalue weighted by Gasteiger charge is -2.22. The number of carboxylic acid groups (broad SMARTS) is 1. The number of hydrogen-bond donors (Lipinski definition) is 5. The molecule has 0 saturated heterocycles. The Labute approximate surface area is 300 Å². The molecule has 1 amide bonds. The van der Waals surface area contributed by atoms with Crippen molar-refractivity contribution in [1.82, 2.24) is 35.2 Å². The summed E-state index contributed by atoms with van der Waals surface area (Å²) in [4.78, 5) is 31.1. The summed E-state index contributed by atoms with van der Waals surface area (Å²) in [5.41, 5.74) is 1.64. The van der Waals surface area contributed by atoms with Gasteiger partial charge in [-0.2, -0.15) is 9.97 Å². The zero-order valence-electron chi connectivity index (χ0n) is 29.7. The lowest BCUT2D eigenvalue weighted by atomic mass is 9.84. The predicted octanol–water partition coefficient (Wildman–Crippen LogP) is 4.28. The summed E-state index contributed by atoms with van der Waals surface area (Å²) in [6, 6.07) is 0. The van der Waals surface area contributed by atoms with Crippen molar-refractivity contribution in [2.75, 3.05) is 12.5 Å². The molecule has 2 fully saturated rings. The molecule has 2 aromatic rings. The van der Waals surface area contributed by atoms with E-state index in [-0.39, 0.29) is 55.3 Å². The number of amides is 1. The Morgan fingerprint density at radius 3 is 1.51 bits per heavy atom. The Kier molecular flexibility index (Phi) is 17.9. The van der Waals surface area contributed by atoms with Gasteiger partial charge in [-0.3, -0.25) is 14.8 Å². The van der Waals surface area contributed by atoms with Crippen molar-refractivity contribution < 1.29 is 45.8 Å². The van der Waals surface area contributed by atoms with Crippen LogP contribution in [0, 0.1) is 11.8 Å². The molecule has 2 aliphatic carbocycles. The molecule has 4 rings (SSSR count). The molecule has 0 aromatic carbocycles. The zero-order chi connectivity index (χ0) is 37.3.